The number of hydrogen-bond acceptors (Lipinski definition) is 2. The maximum atomic E-state index is 13.6. The van der Waals surface area contributed by atoms with E-state index in [0.29, 0.717) is 5.52 Å². The van der Waals surface area contributed by atoms with Gasteiger partial charge in [-0.05, 0) is 23.8 Å². The van der Waals surface area contributed by atoms with Crippen molar-refractivity contribution in [3.05, 3.63) is 65.7 Å². The molecule has 0 unspecified atom stereocenters. The maximum Gasteiger partial charge on any atom is 0.220 e. The van der Waals surface area contributed by atoms with Gasteiger partial charge >= 0.3 is 0 Å². The molecule has 0 aliphatic rings. The summed E-state index contributed by atoms with van der Waals surface area (Å²) >= 11 is 5.92. The van der Waals surface area contributed by atoms with Gasteiger partial charge in [-0.15, -0.1) is 11.6 Å². The van der Waals surface area contributed by atoms with Crippen molar-refractivity contribution < 1.29 is 13.5 Å². The second-order valence-electron chi connectivity index (χ2n) is 4.45. The van der Waals surface area contributed by atoms with Gasteiger partial charge in [-0.1, -0.05) is 18.2 Å². The van der Waals surface area contributed by atoms with Crippen LogP contribution in [0.4, 0.5) is 8.78 Å². The Morgan fingerprint density at radius 1 is 1.05 bits per heavy atom. The van der Waals surface area contributed by atoms with Gasteiger partial charge in [-0.2, -0.15) is 0 Å². The van der Waals surface area contributed by atoms with Crippen LogP contribution in [0, 0.1) is 11.6 Å². The summed E-state index contributed by atoms with van der Waals surface area (Å²) in [5, 5.41) is 0.902. The first kappa shape index (κ1) is 13.8. The molecule has 5 heteroatoms. The average molecular weight is 306 g/mol. The largest absolute Gasteiger partial charge is 0.436 e. The van der Waals surface area contributed by atoms with Gasteiger partial charge in [0.1, 0.15) is 5.82 Å². The first-order valence-electron chi connectivity index (χ1n) is 6.25. The molecule has 0 N–H and O–H groups in total. The van der Waals surface area contributed by atoms with E-state index in [9.17, 15) is 8.78 Å². The van der Waals surface area contributed by atoms with E-state index in [1.54, 1.807) is 12.1 Å². The van der Waals surface area contributed by atoms with Crippen molar-refractivity contribution in [1.82, 2.24) is 4.98 Å². The Kier molecular flexibility index (Phi) is 3.71. The van der Waals surface area contributed by atoms with Gasteiger partial charge in [0.15, 0.2) is 11.6 Å². The summed E-state index contributed by atoms with van der Waals surface area (Å²) < 4.78 is 32.1. The van der Waals surface area contributed by atoms with Crippen LogP contribution < -0.4 is 4.74 Å². The number of nitrogens with zero attached hydrogens (tertiary/aromatic N) is 1. The molecule has 0 saturated heterocycles. The molecule has 106 valence electrons. The van der Waals surface area contributed by atoms with E-state index < -0.39 is 11.6 Å². The molecule has 2 aromatic carbocycles. The summed E-state index contributed by atoms with van der Waals surface area (Å²) in [6.07, 6.45) is 0. The molecule has 1 heterocycles. The van der Waals surface area contributed by atoms with Crippen LogP contribution in [-0.2, 0) is 5.88 Å². The van der Waals surface area contributed by atoms with Crippen LogP contribution in [0.1, 0.15) is 5.56 Å². The molecule has 0 radical (unpaired) electrons. The Balaban J connectivity index is 2.06. The van der Waals surface area contributed by atoms with Crippen molar-refractivity contribution >= 4 is 22.5 Å². The first-order valence-corrected chi connectivity index (χ1v) is 6.78. The third kappa shape index (κ3) is 2.81. The fourth-order valence-electron chi connectivity index (χ4n) is 2.05. The molecule has 21 heavy (non-hydrogen) atoms. The van der Waals surface area contributed by atoms with Crippen LogP contribution >= 0.6 is 11.6 Å². The highest BCUT2D eigenvalue weighted by atomic mass is 35.5. The second-order valence-corrected chi connectivity index (χ2v) is 4.71. The molecule has 0 amide bonds. The summed E-state index contributed by atoms with van der Waals surface area (Å²) in [6.45, 7) is 0. The minimum Gasteiger partial charge on any atom is -0.436 e. The quantitative estimate of drug-likeness (QED) is 0.632. The van der Waals surface area contributed by atoms with Gasteiger partial charge < -0.3 is 4.74 Å². The zero-order chi connectivity index (χ0) is 14.8. The van der Waals surface area contributed by atoms with Crippen LogP contribution in [0.2, 0.25) is 0 Å². The Labute approximate surface area is 125 Å². The zero-order valence-electron chi connectivity index (χ0n) is 10.8. The van der Waals surface area contributed by atoms with E-state index in [1.807, 2.05) is 18.2 Å². The molecule has 0 aliphatic carbocycles. The minimum atomic E-state index is -0.654. The number of alkyl halides is 1. The van der Waals surface area contributed by atoms with Crippen molar-refractivity contribution in [2.24, 2.45) is 0 Å². The predicted octanol–water partition coefficient (Wildman–Crippen LogP) is 5.04. The molecule has 0 bridgehead atoms. The topological polar surface area (TPSA) is 22.1 Å². The normalized spacial score (nSPS) is 10.8. The zero-order valence-corrected chi connectivity index (χ0v) is 11.6. The number of benzene rings is 2. The van der Waals surface area contributed by atoms with Gasteiger partial charge in [0, 0.05) is 23.4 Å². The standard InChI is InChI=1S/C16H10ClF2NO/c17-9-10-7-16(20-14-4-2-1-3-12(10)14)21-15-8-11(18)5-6-13(15)19/h1-8H,9H2. The van der Waals surface area contributed by atoms with Gasteiger partial charge in [-0.3, -0.25) is 0 Å². The van der Waals surface area contributed by atoms with Crippen LogP contribution in [0.3, 0.4) is 0 Å². The number of rotatable bonds is 3. The molecule has 3 rings (SSSR count). The summed E-state index contributed by atoms with van der Waals surface area (Å²) in [5.41, 5.74) is 1.50. The maximum absolute atomic E-state index is 13.6. The molecular weight excluding hydrogens is 296 g/mol. The first-order chi connectivity index (χ1) is 10.2. The summed E-state index contributed by atoms with van der Waals surface area (Å²) in [6, 6.07) is 12.1. The van der Waals surface area contributed by atoms with Crippen LogP contribution in [-0.4, -0.2) is 4.98 Å². The minimum absolute atomic E-state index is 0.175. The average Bonchev–Trinajstić information content (AvgIpc) is 2.50. The lowest BCUT2D eigenvalue weighted by Crippen LogP contribution is -1.94. The van der Waals surface area contributed by atoms with E-state index in [1.165, 1.54) is 0 Å². The lowest BCUT2D eigenvalue weighted by atomic mass is 10.1. The van der Waals surface area contributed by atoms with Crippen molar-refractivity contribution in [2.75, 3.05) is 0 Å². The molecule has 0 saturated carbocycles. The molecule has 0 fully saturated rings. The molecule has 3 aromatic rings. The van der Waals surface area contributed by atoms with E-state index in [0.717, 1.165) is 29.1 Å². The van der Waals surface area contributed by atoms with Gasteiger partial charge in [-0.25, -0.2) is 13.8 Å². The fraction of sp³-hybridized carbons (Fsp3) is 0.0625. The molecule has 0 atom stereocenters. The molecular formula is C16H10ClF2NO. The molecule has 0 spiro atoms. The molecule has 0 aliphatic heterocycles. The second kappa shape index (κ2) is 5.66. The summed E-state index contributed by atoms with van der Waals surface area (Å²) in [5.74, 6) is -0.999. The lowest BCUT2D eigenvalue weighted by molar-refractivity contribution is 0.423. The summed E-state index contributed by atoms with van der Waals surface area (Å²) in [7, 11) is 0. The van der Waals surface area contributed by atoms with Gasteiger partial charge in [0.2, 0.25) is 5.88 Å². The van der Waals surface area contributed by atoms with Crippen LogP contribution in [0.25, 0.3) is 10.9 Å². The van der Waals surface area contributed by atoms with E-state index in [-0.39, 0.29) is 17.5 Å². The Hall–Kier alpha value is -2.20. The van der Waals surface area contributed by atoms with Gasteiger partial charge in [0.05, 0.1) is 5.52 Å². The monoisotopic (exact) mass is 305 g/mol. The number of halogens is 3. The predicted molar refractivity (Wildman–Crippen MR) is 77.7 cm³/mol. The number of aromatic nitrogens is 1. The summed E-state index contributed by atoms with van der Waals surface area (Å²) in [4.78, 5) is 4.28. The van der Waals surface area contributed by atoms with Crippen LogP contribution in [0.15, 0.2) is 48.5 Å². The number of para-hydroxylation sites is 1. The number of ether oxygens (including phenoxy) is 1. The lowest BCUT2D eigenvalue weighted by Gasteiger charge is -2.09. The van der Waals surface area contributed by atoms with Gasteiger partial charge in [0.25, 0.3) is 0 Å². The van der Waals surface area contributed by atoms with E-state index >= 15 is 0 Å². The van der Waals surface area contributed by atoms with Crippen molar-refractivity contribution in [3.63, 3.8) is 0 Å². The third-order valence-corrected chi connectivity index (χ3v) is 3.32. The smallest absolute Gasteiger partial charge is 0.220 e. The fourth-order valence-corrected chi connectivity index (χ4v) is 2.27. The SMILES string of the molecule is Fc1ccc(F)c(Oc2cc(CCl)c3ccccc3n2)c1. The highest BCUT2D eigenvalue weighted by Crippen LogP contribution is 2.28. The number of hydrogen-bond donors (Lipinski definition) is 0. The highest BCUT2D eigenvalue weighted by molar-refractivity contribution is 6.18. The number of pyridine rings is 1. The Morgan fingerprint density at radius 2 is 1.86 bits per heavy atom. The van der Waals surface area contributed by atoms with Crippen molar-refractivity contribution in [3.8, 4) is 11.6 Å². The van der Waals surface area contributed by atoms with Crippen molar-refractivity contribution in [2.45, 2.75) is 5.88 Å². The van der Waals surface area contributed by atoms with Crippen molar-refractivity contribution in [1.29, 1.82) is 0 Å². The Bertz CT molecular complexity index is 807. The highest BCUT2D eigenvalue weighted by Gasteiger charge is 2.10. The molecule has 1 aromatic heterocycles. The molecule has 2 nitrogen and oxygen atoms in total. The van der Waals surface area contributed by atoms with Crippen LogP contribution in [0.5, 0.6) is 11.6 Å². The number of fused-ring (bicyclic) bond motifs is 1. The van der Waals surface area contributed by atoms with E-state index in [2.05, 4.69) is 4.98 Å². The third-order valence-electron chi connectivity index (χ3n) is 3.03. The Morgan fingerprint density at radius 3 is 2.67 bits per heavy atom. The van der Waals surface area contributed by atoms with E-state index in [4.69, 9.17) is 16.3 Å².